The second-order valence-corrected chi connectivity index (χ2v) is 5.32. The van der Waals surface area contributed by atoms with E-state index < -0.39 is 0 Å². The van der Waals surface area contributed by atoms with Crippen molar-refractivity contribution in [2.45, 2.75) is 38.8 Å². The zero-order valence-electron chi connectivity index (χ0n) is 12.4. The van der Waals surface area contributed by atoms with Gasteiger partial charge >= 0.3 is 0 Å². The van der Waals surface area contributed by atoms with Crippen molar-refractivity contribution < 1.29 is 4.74 Å². The summed E-state index contributed by atoms with van der Waals surface area (Å²) in [5, 5.41) is 3.35. The molecule has 106 valence electrons. The summed E-state index contributed by atoms with van der Waals surface area (Å²) in [5.41, 5.74) is 2.68. The fourth-order valence-corrected chi connectivity index (χ4v) is 2.75. The van der Waals surface area contributed by atoms with Crippen LogP contribution < -0.4 is 10.2 Å². The van der Waals surface area contributed by atoms with Gasteiger partial charge in [0.15, 0.2) is 0 Å². The van der Waals surface area contributed by atoms with E-state index in [-0.39, 0.29) is 0 Å². The van der Waals surface area contributed by atoms with E-state index in [9.17, 15) is 0 Å². The topological polar surface area (TPSA) is 24.5 Å². The summed E-state index contributed by atoms with van der Waals surface area (Å²) < 4.78 is 5.70. The highest BCUT2D eigenvalue weighted by Crippen LogP contribution is 2.22. The Bertz CT molecular complexity index is 373. The lowest BCUT2D eigenvalue weighted by molar-refractivity contribution is 0.0821. The molecule has 0 radical (unpaired) electrons. The number of benzene rings is 1. The summed E-state index contributed by atoms with van der Waals surface area (Å²) in [6.45, 7) is 7.33. The third-order valence-corrected chi connectivity index (χ3v) is 3.87. The number of ether oxygens (including phenoxy) is 1. The lowest BCUT2D eigenvalue weighted by Crippen LogP contribution is -2.30. The first-order valence-corrected chi connectivity index (χ1v) is 7.38. The predicted octanol–water partition coefficient (Wildman–Crippen LogP) is 2.97. The van der Waals surface area contributed by atoms with Crippen LogP contribution in [-0.4, -0.2) is 32.8 Å². The molecule has 0 spiro atoms. The van der Waals surface area contributed by atoms with Crippen molar-refractivity contribution in [3.05, 3.63) is 29.8 Å². The molecule has 1 aliphatic rings. The molecule has 1 aliphatic heterocycles. The molecule has 1 saturated heterocycles. The van der Waals surface area contributed by atoms with Gasteiger partial charge in [0, 0.05) is 31.4 Å². The van der Waals surface area contributed by atoms with Gasteiger partial charge in [-0.15, -0.1) is 0 Å². The monoisotopic (exact) mass is 262 g/mol. The van der Waals surface area contributed by atoms with Crippen LogP contribution in [0.25, 0.3) is 0 Å². The van der Waals surface area contributed by atoms with Crippen LogP contribution in [0.1, 0.15) is 38.3 Å². The number of hydrogen-bond acceptors (Lipinski definition) is 3. The Kier molecular flexibility index (Phi) is 5.23. The van der Waals surface area contributed by atoms with Crippen molar-refractivity contribution in [1.29, 1.82) is 0 Å². The molecule has 2 atom stereocenters. The normalized spacial score (nSPS) is 22.1. The van der Waals surface area contributed by atoms with Gasteiger partial charge in [0.2, 0.25) is 0 Å². The van der Waals surface area contributed by atoms with Crippen LogP contribution in [-0.2, 0) is 4.74 Å². The van der Waals surface area contributed by atoms with E-state index in [1.165, 1.54) is 11.3 Å². The van der Waals surface area contributed by atoms with Crippen molar-refractivity contribution in [3.63, 3.8) is 0 Å². The highest BCUT2D eigenvalue weighted by Gasteiger charge is 2.15. The van der Waals surface area contributed by atoms with Crippen molar-refractivity contribution in [2.24, 2.45) is 0 Å². The highest BCUT2D eigenvalue weighted by atomic mass is 16.5. The fraction of sp³-hybridized carbons (Fsp3) is 0.625. The number of rotatable bonds is 4. The second-order valence-electron chi connectivity index (χ2n) is 5.32. The molecule has 0 saturated carbocycles. The Hall–Kier alpha value is -1.06. The Balaban J connectivity index is 2.08. The summed E-state index contributed by atoms with van der Waals surface area (Å²) in [4.78, 5) is 2.43. The third-order valence-electron chi connectivity index (χ3n) is 3.87. The Morgan fingerprint density at radius 3 is 2.74 bits per heavy atom. The number of nitrogens with one attached hydrogen (secondary N) is 1. The largest absolute Gasteiger partial charge is 0.377 e. The molecule has 0 bridgehead atoms. The molecule has 1 N–H and O–H groups in total. The molecular weight excluding hydrogens is 236 g/mol. The van der Waals surface area contributed by atoms with Gasteiger partial charge in [0.05, 0.1) is 6.10 Å². The van der Waals surface area contributed by atoms with E-state index >= 15 is 0 Å². The van der Waals surface area contributed by atoms with E-state index in [2.05, 4.69) is 48.3 Å². The van der Waals surface area contributed by atoms with Gasteiger partial charge in [-0.05, 0) is 44.5 Å². The molecule has 1 heterocycles. The minimum Gasteiger partial charge on any atom is -0.377 e. The minimum atomic E-state index is 0.322. The van der Waals surface area contributed by atoms with Gasteiger partial charge in [-0.1, -0.05) is 19.1 Å². The predicted molar refractivity (Wildman–Crippen MR) is 80.8 cm³/mol. The van der Waals surface area contributed by atoms with Crippen LogP contribution in [0.5, 0.6) is 0 Å². The standard InChI is InChI=1S/C16H26N2O/c1-4-16(17-3)14-6-8-15(9-7-14)18-10-5-11-19-13(2)12-18/h6-9,13,16-17H,4-5,10-12H2,1-3H3. The molecule has 3 nitrogen and oxygen atoms in total. The second kappa shape index (κ2) is 6.92. The van der Waals surface area contributed by atoms with Crippen molar-refractivity contribution in [1.82, 2.24) is 5.32 Å². The summed E-state index contributed by atoms with van der Waals surface area (Å²) in [6.07, 6.45) is 2.55. The smallest absolute Gasteiger partial charge is 0.0721 e. The molecule has 0 amide bonds. The van der Waals surface area contributed by atoms with Crippen LogP contribution in [0, 0.1) is 0 Å². The first kappa shape index (κ1) is 14.4. The maximum absolute atomic E-state index is 5.70. The third kappa shape index (κ3) is 3.71. The summed E-state index contributed by atoms with van der Waals surface area (Å²) in [7, 11) is 2.02. The van der Waals surface area contributed by atoms with E-state index in [0.29, 0.717) is 12.1 Å². The van der Waals surface area contributed by atoms with Gasteiger partial charge in [0.25, 0.3) is 0 Å². The van der Waals surface area contributed by atoms with E-state index in [4.69, 9.17) is 4.74 Å². The lowest BCUT2D eigenvalue weighted by Gasteiger charge is -2.25. The first-order valence-electron chi connectivity index (χ1n) is 7.38. The zero-order chi connectivity index (χ0) is 13.7. The van der Waals surface area contributed by atoms with Gasteiger partial charge in [-0.25, -0.2) is 0 Å². The summed E-state index contributed by atoms with van der Waals surface area (Å²) in [5.74, 6) is 0. The Morgan fingerprint density at radius 1 is 1.37 bits per heavy atom. The van der Waals surface area contributed by atoms with Gasteiger partial charge in [0.1, 0.15) is 0 Å². The maximum Gasteiger partial charge on any atom is 0.0721 e. The molecule has 1 aromatic rings. The Labute approximate surface area is 116 Å². The summed E-state index contributed by atoms with van der Waals surface area (Å²) in [6, 6.07) is 9.44. The lowest BCUT2D eigenvalue weighted by atomic mass is 10.0. The van der Waals surface area contributed by atoms with Gasteiger partial charge in [-0.3, -0.25) is 0 Å². The van der Waals surface area contributed by atoms with Gasteiger partial charge in [-0.2, -0.15) is 0 Å². The molecule has 0 aliphatic carbocycles. The molecule has 2 unspecified atom stereocenters. The molecular formula is C16H26N2O. The molecule has 19 heavy (non-hydrogen) atoms. The van der Waals surface area contributed by atoms with Crippen LogP contribution in [0.15, 0.2) is 24.3 Å². The van der Waals surface area contributed by atoms with E-state index in [1.54, 1.807) is 0 Å². The van der Waals surface area contributed by atoms with Crippen LogP contribution in [0.4, 0.5) is 5.69 Å². The first-order chi connectivity index (χ1) is 9.24. The van der Waals surface area contributed by atoms with Crippen molar-refractivity contribution >= 4 is 5.69 Å². The van der Waals surface area contributed by atoms with Crippen molar-refractivity contribution in [3.8, 4) is 0 Å². The molecule has 3 heteroatoms. The molecule has 0 aromatic heterocycles. The molecule has 2 rings (SSSR count). The molecule has 1 fully saturated rings. The SMILES string of the molecule is CCC(NC)c1ccc(N2CCCOC(C)C2)cc1. The number of anilines is 1. The van der Waals surface area contributed by atoms with Gasteiger partial charge < -0.3 is 15.0 Å². The minimum absolute atomic E-state index is 0.322. The number of hydrogen-bond donors (Lipinski definition) is 1. The highest BCUT2D eigenvalue weighted by molar-refractivity contribution is 5.48. The van der Waals surface area contributed by atoms with Crippen LogP contribution in [0.2, 0.25) is 0 Å². The maximum atomic E-state index is 5.70. The quantitative estimate of drug-likeness (QED) is 0.903. The summed E-state index contributed by atoms with van der Waals surface area (Å²) >= 11 is 0. The zero-order valence-corrected chi connectivity index (χ0v) is 12.4. The average Bonchev–Trinajstić information content (AvgIpc) is 2.66. The Morgan fingerprint density at radius 2 is 2.11 bits per heavy atom. The molecule has 1 aromatic carbocycles. The van der Waals surface area contributed by atoms with E-state index in [0.717, 1.165) is 32.5 Å². The van der Waals surface area contributed by atoms with Crippen LogP contribution >= 0.6 is 0 Å². The van der Waals surface area contributed by atoms with Crippen molar-refractivity contribution in [2.75, 3.05) is 31.6 Å². The fourth-order valence-electron chi connectivity index (χ4n) is 2.75. The average molecular weight is 262 g/mol. The van der Waals surface area contributed by atoms with Crippen LogP contribution in [0.3, 0.4) is 0 Å². The van der Waals surface area contributed by atoms with E-state index in [1.807, 2.05) is 7.05 Å². The number of nitrogens with zero attached hydrogens (tertiary/aromatic N) is 1.